The Balaban J connectivity index is 1.99. The molecule has 0 aromatic heterocycles. The summed E-state index contributed by atoms with van der Waals surface area (Å²) in [7, 11) is 1.69. The molecule has 156 valence electrons. The first-order valence-electron chi connectivity index (χ1n) is 9.98. The van der Waals surface area contributed by atoms with E-state index in [1.807, 2.05) is 58.0 Å². The summed E-state index contributed by atoms with van der Waals surface area (Å²) in [4.78, 5) is 16.4. The molecule has 0 saturated heterocycles. The SMILES string of the molecule is CCNC(=NCc1ccc(NC(=O)C(C)C)cc1)NCc1ccc(C)cc1OC. The number of guanidine groups is 1. The number of nitrogens with one attached hydrogen (secondary N) is 3. The second kappa shape index (κ2) is 11.1. The maximum atomic E-state index is 11.8. The number of aliphatic imine (C=N–C) groups is 1. The number of carbonyl (C=O) groups excluding carboxylic acids is 1. The summed E-state index contributed by atoms with van der Waals surface area (Å²) in [5, 5.41) is 9.51. The molecule has 2 aromatic rings. The van der Waals surface area contributed by atoms with E-state index in [1.165, 1.54) is 5.56 Å². The van der Waals surface area contributed by atoms with Gasteiger partial charge in [0.1, 0.15) is 5.75 Å². The van der Waals surface area contributed by atoms with Crippen LogP contribution in [0, 0.1) is 12.8 Å². The van der Waals surface area contributed by atoms with Crippen molar-refractivity contribution in [3.05, 3.63) is 59.2 Å². The van der Waals surface area contributed by atoms with Crippen LogP contribution in [0.4, 0.5) is 5.69 Å². The predicted octanol–water partition coefficient (Wildman–Crippen LogP) is 3.85. The number of benzene rings is 2. The van der Waals surface area contributed by atoms with E-state index in [4.69, 9.17) is 4.74 Å². The van der Waals surface area contributed by atoms with Gasteiger partial charge in [0.05, 0.1) is 13.7 Å². The van der Waals surface area contributed by atoms with Crippen molar-refractivity contribution in [2.45, 2.75) is 40.8 Å². The average Bonchev–Trinajstić information content (AvgIpc) is 2.71. The lowest BCUT2D eigenvalue weighted by Crippen LogP contribution is -2.36. The van der Waals surface area contributed by atoms with Gasteiger partial charge in [-0.2, -0.15) is 0 Å². The van der Waals surface area contributed by atoms with Gasteiger partial charge in [0, 0.05) is 30.3 Å². The van der Waals surface area contributed by atoms with Crippen LogP contribution in [-0.2, 0) is 17.9 Å². The van der Waals surface area contributed by atoms with Crippen molar-refractivity contribution in [1.82, 2.24) is 10.6 Å². The molecule has 1 amide bonds. The Morgan fingerprint density at radius 1 is 1.10 bits per heavy atom. The molecule has 0 fully saturated rings. The molecule has 0 aliphatic heterocycles. The molecule has 0 heterocycles. The van der Waals surface area contributed by atoms with Gasteiger partial charge in [-0.05, 0) is 43.2 Å². The van der Waals surface area contributed by atoms with Gasteiger partial charge < -0.3 is 20.7 Å². The number of carbonyl (C=O) groups is 1. The molecule has 0 saturated carbocycles. The normalized spacial score (nSPS) is 11.3. The van der Waals surface area contributed by atoms with Crippen molar-refractivity contribution in [3.63, 3.8) is 0 Å². The Labute approximate surface area is 173 Å². The summed E-state index contributed by atoms with van der Waals surface area (Å²) in [5.74, 6) is 1.58. The lowest BCUT2D eigenvalue weighted by atomic mass is 10.1. The molecule has 0 aliphatic carbocycles. The van der Waals surface area contributed by atoms with E-state index in [1.54, 1.807) is 7.11 Å². The second-order valence-electron chi connectivity index (χ2n) is 7.20. The number of hydrogen-bond acceptors (Lipinski definition) is 3. The number of ether oxygens (including phenoxy) is 1. The second-order valence-corrected chi connectivity index (χ2v) is 7.20. The zero-order valence-electron chi connectivity index (χ0n) is 18.0. The van der Waals surface area contributed by atoms with Crippen molar-refractivity contribution >= 4 is 17.6 Å². The highest BCUT2D eigenvalue weighted by Gasteiger charge is 2.07. The standard InChI is InChI=1S/C23H32N4O2/c1-6-24-23(26-15-19-10-7-17(4)13-21(19)29-5)25-14-18-8-11-20(12-9-18)27-22(28)16(2)3/h7-13,16H,6,14-15H2,1-5H3,(H,27,28)(H2,24,25,26). The Morgan fingerprint density at radius 2 is 1.83 bits per heavy atom. The average molecular weight is 397 g/mol. The summed E-state index contributed by atoms with van der Waals surface area (Å²) in [6, 6.07) is 13.9. The first-order chi connectivity index (χ1) is 13.9. The zero-order chi connectivity index (χ0) is 21.2. The van der Waals surface area contributed by atoms with E-state index in [0.717, 1.165) is 35.1 Å². The van der Waals surface area contributed by atoms with E-state index >= 15 is 0 Å². The number of aryl methyl sites for hydroxylation is 1. The molecule has 2 rings (SSSR count). The molecule has 0 aliphatic rings. The molecule has 0 bridgehead atoms. The Hall–Kier alpha value is -3.02. The first-order valence-corrected chi connectivity index (χ1v) is 9.98. The summed E-state index contributed by atoms with van der Waals surface area (Å²) in [6.07, 6.45) is 0. The molecular weight excluding hydrogens is 364 g/mol. The molecule has 0 spiro atoms. The molecule has 3 N–H and O–H groups in total. The highest BCUT2D eigenvalue weighted by Crippen LogP contribution is 2.19. The monoisotopic (exact) mass is 396 g/mol. The molecule has 0 atom stereocenters. The third-order valence-electron chi connectivity index (χ3n) is 4.40. The molecule has 29 heavy (non-hydrogen) atoms. The molecular formula is C23H32N4O2. The number of methoxy groups -OCH3 is 1. The number of rotatable bonds is 8. The van der Waals surface area contributed by atoms with Gasteiger partial charge in [0.25, 0.3) is 0 Å². The van der Waals surface area contributed by atoms with Crippen LogP contribution in [0.3, 0.4) is 0 Å². The van der Waals surface area contributed by atoms with Gasteiger partial charge in [-0.1, -0.05) is 38.1 Å². The van der Waals surface area contributed by atoms with Gasteiger partial charge in [-0.25, -0.2) is 4.99 Å². The van der Waals surface area contributed by atoms with Crippen molar-refractivity contribution in [2.75, 3.05) is 19.0 Å². The molecule has 6 nitrogen and oxygen atoms in total. The summed E-state index contributed by atoms with van der Waals surface area (Å²) in [5.41, 5.74) is 4.11. The van der Waals surface area contributed by atoms with Crippen molar-refractivity contribution < 1.29 is 9.53 Å². The van der Waals surface area contributed by atoms with Crippen LogP contribution < -0.4 is 20.7 Å². The third kappa shape index (κ3) is 7.14. The molecule has 2 aromatic carbocycles. The lowest BCUT2D eigenvalue weighted by molar-refractivity contribution is -0.118. The summed E-state index contributed by atoms with van der Waals surface area (Å²) < 4.78 is 5.47. The lowest BCUT2D eigenvalue weighted by Gasteiger charge is -2.14. The number of amides is 1. The van der Waals surface area contributed by atoms with E-state index in [9.17, 15) is 4.79 Å². The molecule has 6 heteroatoms. The van der Waals surface area contributed by atoms with Crippen LogP contribution in [0.25, 0.3) is 0 Å². The van der Waals surface area contributed by atoms with E-state index in [2.05, 4.69) is 33.1 Å². The van der Waals surface area contributed by atoms with Crippen molar-refractivity contribution in [1.29, 1.82) is 0 Å². The predicted molar refractivity (Wildman–Crippen MR) is 119 cm³/mol. The largest absolute Gasteiger partial charge is 0.496 e. The van der Waals surface area contributed by atoms with E-state index in [0.29, 0.717) is 13.1 Å². The summed E-state index contributed by atoms with van der Waals surface area (Å²) in [6.45, 7) is 9.77. The van der Waals surface area contributed by atoms with Crippen LogP contribution >= 0.6 is 0 Å². The van der Waals surface area contributed by atoms with Crippen molar-refractivity contribution in [2.24, 2.45) is 10.9 Å². The molecule has 0 radical (unpaired) electrons. The van der Waals surface area contributed by atoms with E-state index in [-0.39, 0.29) is 11.8 Å². The highest BCUT2D eigenvalue weighted by atomic mass is 16.5. The van der Waals surface area contributed by atoms with Crippen LogP contribution in [0.5, 0.6) is 5.75 Å². The van der Waals surface area contributed by atoms with Gasteiger partial charge in [-0.15, -0.1) is 0 Å². The van der Waals surface area contributed by atoms with Crippen LogP contribution in [0.2, 0.25) is 0 Å². The number of nitrogens with zero attached hydrogens (tertiary/aromatic N) is 1. The fraction of sp³-hybridized carbons (Fsp3) is 0.391. The Bertz CT molecular complexity index is 829. The van der Waals surface area contributed by atoms with Crippen molar-refractivity contribution in [3.8, 4) is 5.75 Å². The van der Waals surface area contributed by atoms with Gasteiger partial charge in [-0.3, -0.25) is 4.79 Å². The zero-order valence-corrected chi connectivity index (χ0v) is 18.0. The minimum atomic E-state index is -0.0415. The Kier molecular flexibility index (Phi) is 8.52. The first kappa shape index (κ1) is 22.3. The quantitative estimate of drug-likeness (QED) is 0.468. The van der Waals surface area contributed by atoms with Crippen LogP contribution in [0.15, 0.2) is 47.5 Å². The fourth-order valence-electron chi connectivity index (χ4n) is 2.67. The Morgan fingerprint density at radius 3 is 2.45 bits per heavy atom. The van der Waals surface area contributed by atoms with Gasteiger partial charge in [0.15, 0.2) is 5.96 Å². The maximum Gasteiger partial charge on any atom is 0.226 e. The van der Waals surface area contributed by atoms with Crippen LogP contribution in [0.1, 0.15) is 37.5 Å². The number of hydrogen-bond donors (Lipinski definition) is 3. The summed E-state index contributed by atoms with van der Waals surface area (Å²) >= 11 is 0. The van der Waals surface area contributed by atoms with Gasteiger partial charge >= 0.3 is 0 Å². The topological polar surface area (TPSA) is 74.8 Å². The smallest absolute Gasteiger partial charge is 0.226 e. The van der Waals surface area contributed by atoms with Crippen LogP contribution in [-0.4, -0.2) is 25.5 Å². The maximum absolute atomic E-state index is 11.8. The minimum absolute atomic E-state index is 0.0148. The minimum Gasteiger partial charge on any atom is -0.496 e. The fourth-order valence-corrected chi connectivity index (χ4v) is 2.67. The molecule has 0 unspecified atom stereocenters. The number of anilines is 1. The van der Waals surface area contributed by atoms with E-state index < -0.39 is 0 Å². The van der Waals surface area contributed by atoms with Gasteiger partial charge in [0.2, 0.25) is 5.91 Å². The highest BCUT2D eigenvalue weighted by molar-refractivity contribution is 5.92. The third-order valence-corrected chi connectivity index (χ3v) is 4.40.